The molecule has 3 nitrogen and oxygen atoms in total. The molecule has 0 N–H and O–H groups in total. The van der Waals surface area contributed by atoms with E-state index < -0.39 is 8.80 Å². The quantitative estimate of drug-likeness (QED) is 0.724. The molecule has 0 aromatic heterocycles. The minimum Gasteiger partial charge on any atom is -0.377 e. The van der Waals surface area contributed by atoms with Gasteiger partial charge in [0.1, 0.15) is 0 Å². The van der Waals surface area contributed by atoms with Crippen molar-refractivity contribution in [3.63, 3.8) is 0 Å². The van der Waals surface area contributed by atoms with Crippen molar-refractivity contribution in [1.82, 2.24) is 0 Å². The van der Waals surface area contributed by atoms with Crippen LogP contribution in [0.3, 0.4) is 0 Å². The van der Waals surface area contributed by atoms with Crippen LogP contribution in [0, 0.1) is 11.3 Å². The van der Waals surface area contributed by atoms with E-state index in [0.29, 0.717) is 11.0 Å². The van der Waals surface area contributed by atoms with Gasteiger partial charge in [-0.1, -0.05) is 27.2 Å². The molecule has 1 fully saturated rings. The molecule has 0 aromatic carbocycles. The maximum atomic E-state index is 5.63. The average molecular weight is 260 g/mol. The number of rotatable bonds is 4. The minimum absolute atomic E-state index is 0.369. The van der Waals surface area contributed by atoms with E-state index in [1.807, 2.05) is 0 Å². The highest BCUT2D eigenvalue weighted by atomic mass is 28.4. The van der Waals surface area contributed by atoms with Gasteiger partial charge < -0.3 is 13.3 Å². The zero-order valence-electron chi connectivity index (χ0n) is 12.2. The highest BCUT2D eigenvalue weighted by Gasteiger charge is 2.49. The topological polar surface area (TPSA) is 27.7 Å². The Kier molecular flexibility index (Phi) is 5.19. The van der Waals surface area contributed by atoms with Gasteiger partial charge in [-0.15, -0.1) is 0 Å². The van der Waals surface area contributed by atoms with Crippen LogP contribution in [-0.2, 0) is 13.3 Å². The first-order chi connectivity index (χ1) is 7.89. The van der Waals surface area contributed by atoms with Crippen molar-refractivity contribution >= 4 is 8.80 Å². The molecule has 0 spiro atoms. The van der Waals surface area contributed by atoms with E-state index in [1.54, 1.807) is 21.3 Å². The summed E-state index contributed by atoms with van der Waals surface area (Å²) in [7, 11) is 2.73. The summed E-state index contributed by atoms with van der Waals surface area (Å²) in [4.78, 5) is 0. The van der Waals surface area contributed by atoms with Gasteiger partial charge in [0.15, 0.2) is 0 Å². The second kappa shape index (κ2) is 5.82. The lowest BCUT2D eigenvalue weighted by Gasteiger charge is -2.42. The molecule has 1 saturated carbocycles. The van der Waals surface area contributed by atoms with Crippen molar-refractivity contribution in [3.8, 4) is 0 Å². The van der Waals surface area contributed by atoms with Crippen molar-refractivity contribution in [1.29, 1.82) is 0 Å². The van der Waals surface area contributed by atoms with E-state index in [1.165, 1.54) is 25.7 Å². The zero-order valence-corrected chi connectivity index (χ0v) is 13.2. The molecule has 1 rings (SSSR count). The van der Waals surface area contributed by atoms with Crippen LogP contribution >= 0.6 is 0 Å². The molecule has 102 valence electrons. The molecule has 17 heavy (non-hydrogen) atoms. The third kappa shape index (κ3) is 3.31. The lowest BCUT2D eigenvalue weighted by atomic mass is 9.72. The number of hydrogen-bond donors (Lipinski definition) is 0. The monoisotopic (exact) mass is 260 g/mol. The minimum atomic E-state index is -2.44. The van der Waals surface area contributed by atoms with Gasteiger partial charge in [-0.05, 0) is 30.6 Å². The van der Waals surface area contributed by atoms with Crippen LogP contribution in [0.5, 0.6) is 0 Å². The van der Waals surface area contributed by atoms with Gasteiger partial charge in [0, 0.05) is 26.9 Å². The van der Waals surface area contributed by atoms with E-state index in [-0.39, 0.29) is 0 Å². The van der Waals surface area contributed by atoms with Crippen LogP contribution in [0.1, 0.15) is 46.5 Å². The summed E-state index contributed by atoms with van der Waals surface area (Å²) in [6.07, 6.45) is 4.93. The van der Waals surface area contributed by atoms with Crippen molar-refractivity contribution in [3.05, 3.63) is 0 Å². The van der Waals surface area contributed by atoms with Crippen LogP contribution < -0.4 is 0 Å². The van der Waals surface area contributed by atoms with Gasteiger partial charge in [0.05, 0.1) is 0 Å². The van der Waals surface area contributed by atoms with Gasteiger partial charge in [-0.3, -0.25) is 0 Å². The first-order valence-corrected chi connectivity index (χ1v) is 8.35. The summed E-state index contributed by atoms with van der Waals surface area (Å²) >= 11 is 0. The summed E-state index contributed by atoms with van der Waals surface area (Å²) in [6.45, 7) is 6.99. The SMILES string of the molecule is CO[Si](OC)(OC)C1CCCC(C(C)(C)C)C1. The summed E-state index contributed by atoms with van der Waals surface area (Å²) < 4.78 is 16.9. The molecule has 1 aliphatic rings. The molecule has 2 unspecified atom stereocenters. The fourth-order valence-electron chi connectivity index (χ4n) is 3.05. The molecule has 1 aliphatic carbocycles. The Morgan fingerprint density at radius 2 is 1.47 bits per heavy atom. The van der Waals surface area contributed by atoms with Crippen molar-refractivity contribution in [2.24, 2.45) is 11.3 Å². The molecule has 4 heteroatoms. The van der Waals surface area contributed by atoms with Crippen LogP contribution in [0.25, 0.3) is 0 Å². The predicted molar refractivity (Wildman–Crippen MR) is 71.9 cm³/mol. The Bertz CT molecular complexity index is 225. The lowest BCUT2D eigenvalue weighted by Crippen LogP contribution is -2.49. The Balaban J connectivity index is 2.77. The Morgan fingerprint density at radius 1 is 0.941 bits per heavy atom. The maximum Gasteiger partial charge on any atom is 0.503 e. The maximum absolute atomic E-state index is 5.63. The number of hydrogen-bond acceptors (Lipinski definition) is 3. The van der Waals surface area contributed by atoms with Crippen molar-refractivity contribution < 1.29 is 13.3 Å². The second-order valence-corrected chi connectivity index (χ2v) is 9.39. The molecular formula is C13H28O3Si. The van der Waals surface area contributed by atoms with E-state index in [0.717, 1.165) is 5.92 Å². The Hall–Kier alpha value is 0.0969. The largest absolute Gasteiger partial charge is 0.503 e. The lowest BCUT2D eigenvalue weighted by molar-refractivity contribution is 0.0859. The molecule has 0 aromatic rings. The first kappa shape index (κ1) is 15.2. The smallest absolute Gasteiger partial charge is 0.377 e. The average Bonchev–Trinajstić information content (AvgIpc) is 2.31. The van der Waals surface area contributed by atoms with E-state index in [2.05, 4.69) is 20.8 Å². The second-order valence-electron chi connectivity index (χ2n) is 6.14. The normalized spacial score (nSPS) is 27.2. The summed E-state index contributed by atoms with van der Waals surface area (Å²) in [6, 6.07) is 0. The fourth-order valence-corrected chi connectivity index (χ4v) is 5.68. The summed E-state index contributed by atoms with van der Waals surface area (Å²) in [5, 5.41) is 0. The predicted octanol–water partition coefficient (Wildman–Crippen LogP) is 3.47. The van der Waals surface area contributed by atoms with Gasteiger partial charge >= 0.3 is 8.80 Å². The molecule has 0 bridgehead atoms. The fraction of sp³-hybridized carbons (Fsp3) is 1.00. The first-order valence-electron chi connectivity index (χ1n) is 6.55. The van der Waals surface area contributed by atoms with Crippen molar-refractivity contribution in [2.75, 3.05) is 21.3 Å². The van der Waals surface area contributed by atoms with Crippen LogP contribution in [0.15, 0.2) is 0 Å². The van der Waals surface area contributed by atoms with Gasteiger partial charge in [-0.25, -0.2) is 0 Å². The highest BCUT2D eigenvalue weighted by Crippen LogP contribution is 2.46. The Morgan fingerprint density at radius 3 is 1.88 bits per heavy atom. The molecule has 0 heterocycles. The van der Waals surface area contributed by atoms with E-state index in [9.17, 15) is 0 Å². The van der Waals surface area contributed by atoms with Gasteiger partial charge in [0.25, 0.3) is 0 Å². The van der Waals surface area contributed by atoms with E-state index in [4.69, 9.17) is 13.3 Å². The standard InChI is InChI=1S/C13H28O3Si/c1-13(2,3)11-8-7-9-12(10-11)17(14-4,15-5)16-6/h11-12H,7-10H2,1-6H3. The van der Waals surface area contributed by atoms with E-state index >= 15 is 0 Å². The highest BCUT2D eigenvalue weighted by molar-refractivity contribution is 6.62. The van der Waals surface area contributed by atoms with Crippen molar-refractivity contribution in [2.45, 2.75) is 52.0 Å². The molecule has 0 radical (unpaired) electrons. The zero-order chi connectivity index (χ0) is 13.1. The molecule has 0 amide bonds. The van der Waals surface area contributed by atoms with Gasteiger partial charge in [0.2, 0.25) is 0 Å². The molecule has 2 atom stereocenters. The van der Waals surface area contributed by atoms with Crippen LogP contribution in [0.4, 0.5) is 0 Å². The summed E-state index contributed by atoms with van der Waals surface area (Å²) in [5.41, 5.74) is 0.828. The van der Waals surface area contributed by atoms with Gasteiger partial charge in [-0.2, -0.15) is 0 Å². The van der Waals surface area contributed by atoms with Crippen LogP contribution in [-0.4, -0.2) is 30.1 Å². The molecular weight excluding hydrogens is 232 g/mol. The Labute approximate surface area is 107 Å². The third-order valence-corrected chi connectivity index (χ3v) is 7.48. The van der Waals surface area contributed by atoms with Crippen LogP contribution in [0.2, 0.25) is 5.54 Å². The summed E-state index contributed by atoms with van der Waals surface area (Å²) in [5.74, 6) is 0.744. The molecule has 0 saturated heterocycles. The third-order valence-electron chi connectivity index (χ3n) is 4.25. The molecule has 0 aliphatic heterocycles.